The molecule has 0 aliphatic heterocycles. The van der Waals surface area contributed by atoms with Crippen LogP contribution in [0, 0.1) is 6.92 Å². The molecule has 0 nitrogen and oxygen atoms in total. The molecule has 0 saturated heterocycles. The highest BCUT2D eigenvalue weighted by atomic mass is 14.3. The van der Waals surface area contributed by atoms with E-state index >= 15 is 0 Å². The van der Waals surface area contributed by atoms with Gasteiger partial charge in [-0.05, 0) is 46.4 Å². The van der Waals surface area contributed by atoms with Crippen molar-refractivity contribution in [1.82, 2.24) is 0 Å². The Morgan fingerprint density at radius 2 is 1.41 bits per heavy atom. The second kappa shape index (κ2) is 4.84. The number of benzene rings is 1. The smallest absolute Gasteiger partial charge is 0.0129 e. The first-order valence-electron chi connectivity index (χ1n) is 6.80. The lowest BCUT2D eigenvalue weighted by atomic mass is 9.77. The van der Waals surface area contributed by atoms with E-state index in [-0.39, 0.29) is 5.41 Å². The SMILES string of the molecule is Cc1c(C(C)(C)C)ccc(C(C)C)c1C(C)C. The monoisotopic (exact) mass is 232 g/mol. The van der Waals surface area contributed by atoms with Crippen molar-refractivity contribution in [3.8, 4) is 0 Å². The standard InChI is InChI=1S/C17H28/c1-11(2)14-9-10-15(17(6,7)8)13(5)16(14)12(3)4/h9-12H,1-8H3. The highest BCUT2D eigenvalue weighted by Gasteiger charge is 2.21. The third-order valence-corrected chi connectivity index (χ3v) is 3.56. The predicted molar refractivity (Wildman–Crippen MR) is 78.1 cm³/mol. The molecule has 0 spiro atoms. The minimum absolute atomic E-state index is 0.239. The van der Waals surface area contributed by atoms with Gasteiger partial charge in [-0.3, -0.25) is 0 Å². The van der Waals surface area contributed by atoms with Gasteiger partial charge in [-0.2, -0.15) is 0 Å². The Morgan fingerprint density at radius 1 is 0.882 bits per heavy atom. The maximum absolute atomic E-state index is 2.34. The molecule has 0 aromatic heterocycles. The van der Waals surface area contributed by atoms with Crippen LogP contribution in [0.5, 0.6) is 0 Å². The van der Waals surface area contributed by atoms with Gasteiger partial charge in [0.1, 0.15) is 0 Å². The Balaban J connectivity index is 3.50. The van der Waals surface area contributed by atoms with Crippen LogP contribution in [0.1, 0.15) is 82.6 Å². The second-order valence-corrected chi connectivity index (χ2v) is 6.80. The highest BCUT2D eigenvalue weighted by molar-refractivity contribution is 5.46. The number of hydrogen-bond acceptors (Lipinski definition) is 0. The summed E-state index contributed by atoms with van der Waals surface area (Å²) in [6, 6.07) is 4.67. The van der Waals surface area contributed by atoms with Gasteiger partial charge in [0.25, 0.3) is 0 Å². The van der Waals surface area contributed by atoms with Gasteiger partial charge in [0, 0.05) is 0 Å². The topological polar surface area (TPSA) is 0 Å². The first-order valence-corrected chi connectivity index (χ1v) is 6.80. The summed E-state index contributed by atoms with van der Waals surface area (Å²) in [4.78, 5) is 0. The van der Waals surface area contributed by atoms with Crippen molar-refractivity contribution < 1.29 is 0 Å². The maximum atomic E-state index is 2.34. The van der Waals surface area contributed by atoms with Crippen molar-refractivity contribution in [2.45, 2.75) is 72.6 Å². The Hall–Kier alpha value is -0.780. The Kier molecular flexibility index (Phi) is 4.06. The van der Waals surface area contributed by atoms with Gasteiger partial charge in [-0.1, -0.05) is 60.6 Å². The third kappa shape index (κ3) is 2.91. The predicted octanol–water partition coefficient (Wildman–Crippen LogP) is 5.54. The van der Waals surface area contributed by atoms with Crippen LogP contribution in [0.4, 0.5) is 0 Å². The van der Waals surface area contributed by atoms with Crippen LogP contribution >= 0.6 is 0 Å². The Morgan fingerprint density at radius 3 is 1.76 bits per heavy atom. The fraction of sp³-hybridized carbons (Fsp3) is 0.647. The molecule has 0 amide bonds. The third-order valence-electron chi connectivity index (χ3n) is 3.56. The summed E-state index contributed by atoms with van der Waals surface area (Å²) in [7, 11) is 0. The lowest BCUT2D eigenvalue weighted by Crippen LogP contribution is -2.16. The highest BCUT2D eigenvalue weighted by Crippen LogP contribution is 2.35. The van der Waals surface area contributed by atoms with Crippen LogP contribution in [0.3, 0.4) is 0 Å². The summed E-state index contributed by atoms with van der Waals surface area (Å²) in [5, 5.41) is 0. The number of rotatable bonds is 2. The van der Waals surface area contributed by atoms with Gasteiger partial charge >= 0.3 is 0 Å². The molecule has 0 fully saturated rings. The van der Waals surface area contributed by atoms with Gasteiger partial charge in [-0.25, -0.2) is 0 Å². The molecule has 0 saturated carbocycles. The molecule has 1 aromatic carbocycles. The van der Waals surface area contributed by atoms with E-state index < -0.39 is 0 Å². The molecule has 1 rings (SSSR count). The molecule has 0 bridgehead atoms. The zero-order valence-electron chi connectivity index (χ0n) is 12.8. The van der Waals surface area contributed by atoms with Gasteiger partial charge in [0.05, 0.1) is 0 Å². The van der Waals surface area contributed by atoms with Crippen molar-refractivity contribution >= 4 is 0 Å². The molecule has 0 atom stereocenters. The summed E-state index contributed by atoms with van der Waals surface area (Å²) in [6.07, 6.45) is 0. The maximum Gasteiger partial charge on any atom is -0.0129 e. The summed E-state index contributed by atoms with van der Waals surface area (Å²) >= 11 is 0. The van der Waals surface area contributed by atoms with Gasteiger partial charge in [0.15, 0.2) is 0 Å². The summed E-state index contributed by atoms with van der Waals surface area (Å²) in [5.41, 5.74) is 6.31. The van der Waals surface area contributed by atoms with Crippen LogP contribution in [-0.4, -0.2) is 0 Å². The van der Waals surface area contributed by atoms with E-state index in [0.29, 0.717) is 11.8 Å². The molecule has 0 N–H and O–H groups in total. The van der Waals surface area contributed by atoms with E-state index in [9.17, 15) is 0 Å². The minimum Gasteiger partial charge on any atom is -0.0587 e. The van der Waals surface area contributed by atoms with Crippen LogP contribution in [0.15, 0.2) is 12.1 Å². The van der Waals surface area contributed by atoms with E-state index in [4.69, 9.17) is 0 Å². The molecule has 17 heavy (non-hydrogen) atoms. The average molecular weight is 232 g/mol. The zero-order valence-corrected chi connectivity index (χ0v) is 12.8. The molecule has 96 valence electrons. The first kappa shape index (κ1) is 14.3. The quantitative estimate of drug-likeness (QED) is 0.628. The normalized spacial score (nSPS) is 12.6. The molecule has 0 unspecified atom stereocenters. The Labute approximate surface area is 107 Å². The Bertz CT molecular complexity index is 389. The van der Waals surface area contributed by atoms with Crippen LogP contribution < -0.4 is 0 Å². The lowest BCUT2D eigenvalue weighted by Gasteiger charge is -2.27. The van der Waals surface area contributed by atoms with Crippen molar-refractivity contribution in [3.63, 3.8) is 0 Å². The van der Waals surface area contributed by atoms with E-state index in [0.717, 1.165) is 0 Å². The molecule has 0 aliphatic rings. The van der Waals surface area contributed by atoms with Gasteiger partial charge in [-0.15, -0.1) is 0 Å². The molecule has 0 heterocycles. The molecular weight excluding hydrogens is 204 g/mol. The molecule has 1 aromatic rings. The first-order chi connectivity index (χ1) is 7.66. The zero-order chi connectivity index (χ0) is 13.4. The second-order valence-electron chi connectivity index (χ2n) is 6.80. The lowest BCUT2D eigenvalue weighted by molar-refractivity contribution is 0.582. The van der Waals surface area contributed by atoms with E-state index in [1.165, 1.54) is 16.7 Å². The summed E-state index contributed by atoms with van der Waals surface area (Å²) in [5.74, 6) is 1.22. The fourth-order valence-corrected chi connectivity index (χ4v) is 2.83. The average Bonchev–Trinajstić information content (AvgIpc) is 2.13. The molecular formula is C17H28. The van der Waals surface area contributed by atoms with Crippen LogP contribution in [0.25, 0.3) is 0 Å². The fourth-order valence-electron chi connectivity index (χ4n) is 2.83. The number of hydrogen-bond donors (Lipinski definition) is 0. The summed E-state index contributed by atoms with van der Waals surface area (Å²) in [6.45, 7) is 18.4. The van der Waals surface area contributed by atoms with Crippen molar-refractivity contribution in [2.75, 3.05) is 0 Å². The largest absolute Gasteiger partial charge is 0.0587 e. The van der Waals surface area contributed by atoms with E-state index in [1.54, 1.807) is 5.56 Å². The van der Waals surface area contributed by atoms with Gasteiger partial charge < -0.3 is 0 Å². The molecule has 0 aliphatic carbocycles. The summed E-state index contributed by atoms with van der Waals surface area (Å²) < 4.78 is 0. The van der Waals surface area contributed by atoms with Crippen LogP contribution in [-0.2, 0) is 5.41 Å². The minimum atomic E-state index is 0.239. The van der Waals surface area contributed by atoms with Crippen molar-refractivity contribution in [2.24, 2.45) is 0 Å². The van der Waals surface area contributed by atoms with Crippen LogP contribution in [0.2, 0.25) is 0 Å². The van der Waals surface area contributed by atoms with Gasteiger partial charge in [0.2, 0.25) is 0 Å². The van der Waals surface area contributed by atoms with E-state index in [1.807, 2.05) is 0 Å². The molecule has 0 heteroatoms. The van der Waals surface area contributed by atoms with E-state index in [2.05, 4.69) is 67.5 Å². The molecule has 0 radical (unpaired) electrons. The van der Waals surface area contributed by atoms with Crippen molar-refractivity contribution in [3.05, 3.63) is 34.4 Å². The van der Waals surface area contributed by atoms with Crippen molar-refractivity contribution in [1.29, 1.82) is 0 Å².